The van der Waals surface area contributed by atoms with E-state index in [2.05, 4.69) is 11.4 Å². The third kappa shape index (κ3) is 3.70. The summed E-state index contributed by atoms with van der Waals surface area (Å²) in [5.74, 6) is 0.838. The van der Waals surface area contributed by atoms with E-state index in [0.29, 0.717) is 6.54 Å². The molecular formula is C13H21NO3. The van der Waals surface area contributed by atoms with Crippen LogP contribution in [0, 0.1) is 13.8 Å². The highest BCUT2D eigenvalue weighted by Crippen LogP contribution is 2.23. The third-order valence-corrected chi connectivity index (χ3v) is 2.80. The van der Waals surface area contributed by atoms with Gasteiger partial charge in [-0.15, -0.1) is 0 Å². The molecule has 0 aliphatic heterocycles. The van der Waals surface area contributed by atoms with Crippen molar-refractivity contribution in [2.24, 2.45) is 0 Å². The molecule has 3 N–H and O–H groups in total. The van der Waals surface area contributed by atoms with E-state index in [-0.39, 0.29) is 19.3 Å². The number of methoxy groups -OCH3 is 1. The Morgan fingerprint density at radius 3 is 2.41 bits per heavy atom. The minimum Gasteiger partial charge on any atom is -0.496 e. The number of aliphatic hydroxyl groups is 2. The van der Waals surface area contributed by atoms with Gasteiger partial charge in [0.25, 0.3) is 0 Å². The molecule has 1 aromatic rings. The molecule has 0 heterocycles. The quantitative estimate of drug-likeness (QED) is 0.685. The largest absolute Gasteiger partial charge is 0.496 e. The fourth-order valence-electron chi connectivity index (χ4n) is 1.80. The molecule has 0 radical (unpaired) electrons. The highest BCUT2D eigenvalue weighted by Gasteiger charge is 2.10. The summed E-state index contributed by atoms with van der Waals surface area (Å²) >= 11 is 0. The molecule has 0 fully saturated rings. The van der Waals surface area contributed by atoms with Gasteiger partial charge in [0.05, 0.1) is 26.4 Å². The van der Waals surface area contributed by atoms with Crippen LogP contribution >= 0.6 is 0 Å². The Morgan fingerprint density at radius 2 is 1.88 bits per heavy atom. The van der Waals surface area contributed by atoms with Crippen LogP contribution in [0.5, 0.6) is 5.75 Å². The molecule has 0 atom stereocenters. The van der Waals surface area contributed by atoms with Crippen molar-refractivity contribution < 1.29 is 14.9 Å². The zero-order valence-corrected chi connectivity index (χ0v) is 10.7. The standard InChI is InChI=1S/C13H21NO3/c1-9-4-10(2)12(13(5-9)17-3)6-14-11(7-15)8-16/h4-5,11,14-16H,6-8H2,1-3H3. The van der Waals surface area contributed by atoms with Crippen LogP contribution in [0.3, 0.4) is 0 Å². The Balaban J connectivity index is 2.82. The number of rotatable bonds is 6. The van der Waals surface area contributed by atoms with Crippen molar-refractivity contribution in [1.82, 2.24) is 5.32 Å². The van der Waals surface area contributed by atoms with E-state index in [1.54, 1.807) is 7.11 Å². The zero-order chi connectivity index (χ0) is 12.8. The summed E-state index contributed by atoms with van der Waals surface area (Å²) in [4.78, 5) is 0. The second-order valence-electron chi connectivity index (χ2n) is 4.21. The van der Waals surface area contributed by atoms with Gasteiger partial charge in [0.2, 0.25) is 0 Å². The van der Waals surface area contributed by atoms with E-state index in [1.165, 1.54) is 0 Å². The van der Waals surface area contributed by atoms with Gasteiger partial charge >= 0.3 is 0 Å². The molecular weight excluding hydrogens is 218 g/mol. The molecule has 0 aliphatic rings. The molecule has 0 aromatic heterocycles. The maximum Gasteiger partial charge on any atom is 0.123 e. The Labute approximate surface area is 102 Å². The van der Waals surface area contributed by atoms with E-state index in [1.807, 2.05) is 19.9 Å². The molecule has 96 valence electrons. The molecule has 1 rings (SSSR count). The molecule has 0 bridgehead atoms. The van der Waals surface area contributed by atoms with Gasteiger partial charge in [0, 0.05) is 12.1 Å². The Hall–Kier alpha value is -1.10. The second kappa shape index (κ2) is 6.59. The van der Waals surface area contributed by atoms with Crippen LogP contribution in [0.15, 0.2) is 12.1 Å². The predicted octanol–water partition coefficient (Wildman–Crippen LogP) is 0.755. The van der Waals surface area contributed by atoms with Gasteiger partial charge in [-0.2, -0.15) is 0 Å². The van der Waals surface area contributed by atoms with Crippen LogP contribution in [-0.4, -0.2) is 36.6 Å². The minimum absolute atomic E-state index is 0.0796. The lowest BCUT2D eigenvalue weighted by Gasteiger charge is -2.17. The number of hydrogen-bond donors (Lipinski definition) is 3. The molecule has 0 aliphatic carbocycles. The lowest BCUT2D eigenvalue weighted by molar-refractivity contribution is 0.170. The van der Waals surface area contributed by atoms with E-state index in [0.717, 1.165) is 22.4 Å². The maximum atomic E-state index is 8.99. The number of hydrogen-bond acceptors (Lipinski definition) is 4. The first-order chi connectivity index (χ1) is 8.12. The summed E-state index contributed by atoms with van der Waals surface area (Å²) in [5, 5.41) is 21.1. The van der Waals surface area contributed by atoms with Crippen LogP contribution in [0.4, 0.5) is 0 Å². The van der Waals surface area contributed by atoms with E-state index in [9.17, 15) is 0 Å². The van der Waals surface area contributed by atoms with Crippen molar-refractivity contribution in [3.63, 3.8) is 0 Å². The van der Waals surface area contributed by atoms with Crippen molar-refractivity contribution in [3.05, 3.63) is 28.8 Å². The molecule has 17 heavy (non-hydrogen) atoms. The maximum absolute atomic E-state index is 8.99. The SMILES string of the molecule is COc1cc(C)cc(C)c1CNC(CO)CO. The first-order valence-electron chi connectivity index (χ1n) is 5.71. The Morgan fingerprint density at radius 1 is 1.24 bits per heavy atom. The Kier molecular flexibility index (Phi) is 5.41. The van der Waals surface area contributed by atoms with Crippen molar-refractivity contribution in [2.75, 3.05) is 20.3 Å². The van der Waals surface area contributed by atoms with Crippen molar-refractivity contribution in [3.8, 4) is 5.75 Å². The average Bonchev–Trinajstić information content (AvgIpc) is 2.31. The lowest BCUT2D eigenvalue weighted by Crippen LogP contribution is -2.35. The number of aryl methyl sites for hydroxylation is 2. The van der Waals surface area contributed by atoms with E-state index in [4.69, 9.17) is 14.9 Å². The predicted molar refractivity (Wildman–Crippen MR) is 67.3 cm³/mol. The average molecular weight is 239 g/mol. The topological polar surface area (TPSA) is 61.7 Å². The van der Waals surface area contributed by atoms with Crippen LogP contribution in [-0.2, 0) is 6.54 Å². The van der Waals surface area contributed by atoms with Crippen molar-refractivity contribution in [1.29, 1.82) is 0 Å². The molecule has 4 nitrogen and oxygen atoms in total. The van der Waals surface area contributed by atoms with Gasteiger partial charge in [-0.25, -0.2) is 0 Å². The minimum atomic E-state index is -0.291. The lowest BCUT2D eigenvalue weighted by atomic mass is 10.0. The summed E-state index contributed by atoms with van der Waals surface area (Å²) < 4.78 is 5.34. The molecule has 0 unspecified atom stereocenters. The van der Waals surface area contributed by atoms with Gasteiger partial charge in [-0.3, -0.25) is 0 Å². The van der Waals surface area contributed by atoms with Crippen LogP contribution in [0.25, 0.3) is 0 Å². The summed E-state index contributed by atoms with van der Waals surface area (Å²) in [5.41, 5.74) is 3.36. The summed E-state index contributed by atoms with van der Waals surface area (Å²) in [6.07, 6.45) is 0. The molecule has 1 aromatic carbocycles. The highest BCUT2D eigenvalue weighted by molar-refractivity contribution is 5.42. The normalized spacial score (nSPS) is 10.9. The number of benzene rings is 1. The number of nitrogens with one attached hydrogen (secondary N) is 1. The van der Waals surface area contributed by atoms with Gasteiger partial charge < -0.3 is 20.3 Å². The van der Waals surface area contributed by atoms with Crippen molar-refractivity contribution >= 4 is 0 Å². The molecule has 0 saturated carbocycles. The smallest absolute Gasteiger partial charge is 0.123 e. The molecule has 0 amide bonds. The summed E-state index contributed by atoms with van der Waals surface area (Å²) in [6, 6.07) is 3.78. The summed E-state index contributed by atoms with van der Waals surface area (Å²) in [6.45, 7) is 4.46. The van der Waals surface area contributed by atoms with Crippen LogP contribution < -0.4 is 10.1 Å². The first kappa shape index (κ1) is 14.0. The highest BCUT2D eigenvalue weighted by atomic mass is 16.5. The Bertz CT molecular complexity index is 362. The number of ether oxygens (including phenoxy) is 1. The van der Waals surface area contributed by atoms with Gasteiger partial charge in [0.15, 0.2) is 0 Å². The molecule has 4 heteroatoms. The number of aliphatic hydroxyl groups excluding tert-OH is 2. The molecule has 0 spiro atoms. The zero-order valence-electron chi connectivity index (χ0n) is 10.7. The third-order valence-electron chi connectivity index (χ3n) is 2.80. The fourth-order valence-corrected chi connectivity index (χ4v) is 1.80. The monoisotopic (exact) mass is 239 g/mol. The van der Waals surface area contributed by atoms with Crippen molar-refractivity contribution in [2.45, 2.75) is 26.4 Å². The van der Waals surface area contributed by atoms with Gasteiger partial charge in [0.1, 0.15) is 5.75 Å². The van der Waals surface area contributed by atoms with E-state index >= 15 is 0 Å². The van der Waals surface area contributed by atoms with Crippen LogP contribution in [0.1, 0.15) is 16.7 Å². The van der Waals surface area contributed by atoms with Gasteiger partial charge in [-0.05, 0) is 31.0 Å². The molecule has 0 saturated heterocycles. The summed E-state index contributed by atoms with van der Waals surface area (Å²) in [7, 11) is 1.65. The van der Waals surface area contributed by atoms with E-state index < -0.39 is 0 Å². The van der Waals surface area contributed by atoms with Gasteiger partial charge in [-0.1, -0.05) is 6.07 Å². The van der Waals surface area contributed by atoms with Crippen LogP contribution in [0.2, 0.25) is 0 Å². The first-order valence-corrected chi connectivity index (χ1v) is 5.71. The fraction of sp³-hybridized carbons (Fsp3) is 0.538. The second-order valence-corrected chi connectivity index (χ2v) is 4.21.